The molecule has 0 bridgehead atoms. The number of benzene rings is 2. The molecule has 6 N–H and O–H groups in total. The summed E-state index contributed by atoms with van der Waals surface area (Å²) in [6.45, 7) is -0.0985. The van der Waals surface area contributed by atoms with E-state index in [0.29, 0.717) is 11.3 Å². The summed E-state index contributed by atoms with van der Waals surface area (Å²) in [7, 11) is 0. The van der Waals surface area contributed by atoms with Crippen LogP contribution >= 0.6 is 0 Å². The lowest BCUT2D eigenvalue weighted by atomic mass is 10.0. The van der Waals surface area contributed by atoms with Gasteiger partial charge in [0.05, 0.1) is 24.2 Å². The van der Waals surface area contributed by atoms with Gasteiger partial charge >= 0.3 is 30.1 Å². The second-order valence-electron chi connectivity index (χ2n) is 7.86. The number of ether oxygens (including phenoxy) is 3. The topological polar surface area (TPSA) is 207 Å². The van der Waals surface area contributed by atoms with E-state index in [0.717, 1.165) is 0 Å². The lowest BCUT2D eigenvalue weighted by Crippen LogP contribution is -2.43. The van der Waals surface area contributed by atoms with Crippen LogP contribution in [0.15, 0.2) is 36.4 Å². The van der Waals surface area contributed by atoms with Crippen molar-refractivity contribution in [2.24, 2.45) is 5.73 Å². The number of carboxylic acids is 1. The summed E-state index contributed by atoms with van der Waals surface area (Å²) in [6, 6.07) is 6.16. The summed E-state index contributed by atoms with van der Waals surface area (Å²) < 4.78 is 51.5. The van der Waals surface area contributed by atoms with Gasteiger partial charge in [-0.2, -0.15) is 13.2 Å². The third kappa shape index (κ3) is 7.21. The van der Waals surface area contributed by atoms with E-state index >= 15 is 0 Å². The van der Waals surface area contributed by atoms with Crippen LogP contribution in [0, 0.1) is 5.41 Å². The predicted octanol–water partition coefficient (Wildman–Crippen LogP) is 1.35. The molecule has 0 saturated heterocycles. The van der Waals surface area contributed by atoms with Gasteiger partial charge in [0.25, 0.3) is 5.91 Å². The Kier molecular flexibility index (Phi) is 8.37. The summed E-state index contributed by atoms with van der Waals surface area (Å²) in [5.74, 6) is -9.24. The largest absolute Gasteiger partial charge is 0.491 e. The van der Waals surface area contributed by atoms with Crippen LogP contribution in [0.25, 0.3) is 0 Å². The van der Waals surface area contributed by atoms with E-state index in [9.17, 15) is 42.3 Å². The van der Waals surface area contributed by atoms with Crippen molar-refractivity contribution in [1.82, 2.24) is 5.32 Å². The average Bonchev–Trinajstić information content (AvgIpc) is 2.89. The van der Waals surface area contributed by atoms with Gasteiger partial charge in [0, 0.05) is 12.1 Å². The number of rotatable bonds is 6. The lowest BCUT2D eigenvalue weighted by Gasteiger charge is -2.17. The van der Waals surface area contributed by atoms with Gasteiger partial charge in [-0.1, -0.05) is 6.07 Å². The first-order valence-corrected chi connectivity index (χ1v) is 10.8. The Morgan fingerprint density at radius 2 is 1.90 bits per heavy atom. The minimum Gasteiger partial charge on any atom is -0.488 e. The summed E-state index contributed by atoms with van der Waals surface area (Å²) >= 11 is 0. The number of para-hydroxylation sites is 1. The molecule has 0 saturated carbocycles. The lowest BCUT2D eigenvalue weighted by molar-refractivity contribution is -0.202. The van der Waals surface area contributed by atoms with E-state index in [4.69, 9.17) is 20.6 Å². The summed E-state index contributed by atoms with van der Waals surface area (Å²) in [5, 5.41) is 21.2. The van der Waals surface area contributed by atoms with Crippen molar-refractivity contribution in [2.45, 2.75) is 25.1 Å². The van der Waals surface area contributed by atoms with Gasteiger partial charge in [-0.05, 0) is 35.9 Å². The zero-order chi connectivity index (χ0) is 28.9. The molecule has 1 atom stereocenters. The van der Waals surface area contributed by atoms with Crippen LogP contribution in [0.1, 0.15) is 32.7 Å². The minimum atomic E-state index is -5.49. The molecule has 39 heavy (non-hydrogen) atoms. The second kappa shape index (κ2) is 11.5. The van der Waals surface area contributed by atoms with Crippen molar-refractivity contribution in [2.75, 3.05) is 11.9 Å². The number of hydrogen-bond donors (Lipinski definition) is 5. The number of amides is 1. The summed E-state index contributed by atoms with van der Waals surface area (Å²) in [4.78, 5) is 59.7. The van der Waals surface area contributed by atoms with Gasteiger partial charge < -0.3 is 35.7 Å². The molecular formula is C23H19F3N4O9. The Bertz CT molecular complexity index is 1360. The SMILES string of the molecule is N=C(N)Nc1ccc2c(c1)CCOc1c(cccc1C(=O)N[C@@H](CC(=O)OC(=O)C(F)(F)F)C(=O)O)OC2=O. The normalized spacial score (nSPS) is 13.5. The van der Waals surface area contributed by atoms with Gasteiger partial charge in [0.15, 0.2) is 17.5 Å². The van der Waals surface area contributed by atoms with Crippen molar-refractivity contribution in [3.05, 3.63) is 53.1 Å². The average molecular weight is 552 g/mol. The number of alkyl halides is 3. The minimum absolute atomic E-state index is 0.0985. The molecule has 13 nitrogen and oxygen atoms in total. The standard InChI is InChI=1S/C23H19F3N4O9/c24-23(25,26)21(36)39-16(31)9-14(19(33)34)30-18(32)13-2-1-3-15-17(13)37-7-6-10-8-11(29-22(27)28)4-5-12(10)20(35)38-15/h1-5,8,14H,6-7,9H2,(H,30,32)(H,33,34)(H4,27,28,29)/t14-/m0/s1. The molecule has 1 heterocycles. The predicted molar refractivity (Wildman–Crippen MR) is 123 cm³/mol. The molecule has 3 rings (SSSR count). The van der Waals surface area contributed by atoms with Crippen LogP contribution < -0.4 is 25.8 Å². The van der Waals surface area contributed by atoms with Crippen LogP contribution in [0.4, 0.5) is 18.9 Å². The fourth-order valence-corrected chi connectivity index (χ4v) is 3.38. The number of carbonyl (C=O) groups is 5. The number of carboxylic acid groups (broad SMARTS) is 1. The number of anilines is 1. The van der Waals surface area contributed by atoms with Crippen LogP contribution in [-0.2, 0) is 25.5 Å². The molecule has 0 aromatic heterocycles. The Hall–Kier alpha value is -5.15. The zero-order valence-electron chi connectivity index (χ0n) is 19.6. The van der Waals surface area contributed by atoms with Crippen LogP contribution in [-0.4, -0.2) is 59.7 Å². The Balaban J connectivity index is 1.81. The highest BCUT2D eigenvalue weighted by molar-refractivity contribution is 6.01. The van der Waals surface area contributed by atoms with E-state index in [1.807, 2.05) is 5.32 Å². The van der Waals surface area contributed by atoms with Gasteiger partial charge in [-0.15, -0.1) is 0 Å². The number of halogens is 3. The molecule has 2 aromatic rings. The summed E-state index contributed by atoms with van der Waals surface area (Å²) in [6.07, 6.45) is -6.67. The molecular weight excluding hydrogens is 533 g/mol. The fraction of sp³-hybridized carbons (Fsp3) is 0.217. The second-order valence-corrected chi connectivity index (χ2v) is 7.86. The maximum atomic E-state index is 12.9. The zero-order valence-corrected chi connectivity index (χ0v) is 19.6. The van der Waals surface area contributed by atoms with Gasteiger partial charge in [0.1, 0.15) is 6.04 Å². The maximum absolute atomic E-state index is 12.9. The van der Waals surface area contributed by atoms with Crippen molar-refractivity contribution >= 4 is 41.4 Å². The quantitative estimate of drug-likeness (QED) is 0.114. The van der Waals surface area contributed by atoms with Crippen LogP contribution in [0.2, 0.25) is 0 Å². The highest BCUT2D eigenvalue weighted by atomic mass is 19.4. The molecule has 0 aliphatic carbocycles. The number of fused-ring (bicyclic) bond motifs is 2. The fourth-order valence-electron chi connectivity index (χ4n) is 3.38. The molecule has 1 amide bonds. The van der Waals surface area contributed by atoms with Crippen molar-refractivity contribution in [3.8, 4) is 11.5 Å². The number of guanidine groups is 1. The number of nitrogens with two attached hydrogens (primary N) is 1. The van der Waals surface area contributed by atoms with Crippen molar-refractivity contribution < 1.29 is 56.5 Å². The molecule has 0 radical (unpaired) electrons. The third-order valence-electron chi connectivity index (χ3n) is 5.06. The van der Waals surface area contributed by atoms with E-state index in [1.165, 1.54) is 30.3 Å². The highest BCUT2D eigenvalue weighted by Gasteiger charge is 2.43. The van der Waals surface area contributed by atoms with E-state index in [1.54, 1.807) is 6.07 Å². The third-order valence-corrected chi connectivity index (χ3v) is 5.06. The van der Waals surface area contributed by atoms with Gasteiger partial charge in [-0.25, -0.2) is 14.4 Å². The molecule has 1 aliphatic heterocycles. The van der Waals surface area contributed by atoms with Crippen LogP contribution in [0.5, 0.6) is 11.5 Å². The first-order chi connectivity index (χ1) is 18.3. The number of carbonyl (C=O) groups excluding carboxylic acids is 4. The van der Waals surface area contributed by atoms with Crippen LogP contribution in [0.3, 0.4) is 0 Å². The number of esters is 3. The molecule has 206 valence electrons. The van der Waals surface area contributed by atoms with E-state index in [2.05, 4.69) is 10.1 Å². The first kappa shape index (κ1) is 28.4. The molecule has 2 aromatic carbocycles. The highest BCUT2D eigenvalue weighted by Crippen LogP contribution is 2.34. The maximum Gasteiger partial charge on any atom is 0.491 e. The first-order valence-electron chi connectivity index (χ1n) is 10.8. The molecule has 0 fully saturated rings. The van der Waals surface area contributed by atoms with Crippen molar-refractivity contribution in [3.63, 3.8) is 0 Å². The Labute approximate surface area is 216 Å². The molecule has 0 spiro atoms. The monoisotopic (exact) mass is 552 g/mol. The molecule has 0 unspecified atom stereocenters. The molecule has 16 heteroatoms. The number of hydrogen-bond acceptors (Lipinski definition) is 9. The van der Waals surface area contributed by atoms with E-state index in [-0.39, 0.29) is 41.6 Å². The van der Waals surface area contributed by atoms with E-state index < -0.39 is 48.4 Å². The smallest absolute Gasteiger partial charge is 0.488 e. The number of aliphatic carboxylic acids is 1. The van der Waals surface area contributed by atoms with Gasteiger partial charge in [0.2, 0.25) is 0 Å². The Morgan fingerprint density at radius 1 is 1.18 bits per heavy atom. The van der Waals surface area contributed by atoms with Crippen molar-refractivity contribution in [1.29, 1.82) is 5.41 Å². The molecule has 1 aliphatic rings. The summed E-state index contributed by atoms with van der Waals surface area (Å²) in [5.41, 5.74) is 6.04. The Morgan fingerprint density at radius 3 is 2.54 bits per heavy atom. The number of nitrogens with one attached hydrogen (secondary N) is 3. The van der Waals surface area contributed by atoms with Gasteiger partial charge in [-0.3, -0.25) is 15.0 Å².